The van der Waals surface area contributed by atoms with E-state index in [2.05, 4.69) is 15.6 Å². The van der Waals surface area contributed by atoms with Crippen LogP contribution in [0.4, 0.5) is 5.69 Å². The van der Waals surface area contributed by atoms with E-state index >= 15 is 0 Å². The lowest BCUT2D eigenvalue weighted by molar-refractivity contribution is -0.117. The third-order valence-electron chi connectivity index (χ3n) is 4.80. The number of carbonyl (C=O) groups is 2. The highest BCUT2D eigenvalue weighted by Gasteiger charge is 2.30. The number of carbonyl (C=O) groups excluding carboxylic acids is 2. The molecule has 1 aromatic heterocycles. The van der Waals surface area contributed by atoms with Crippen molar-refractivity contribution in [3.63, 3.8) is 0 Å². The Morgan fingerprint density at radius 1 is 1.11 bits per heavy atom. The molecule has 2 N–H and O–H groups in total. The average Bonchev–Trinajstić information content (AvgIpc) is 3.57. The highest BCUT2D eigenvalue weighted by Crippen LogP contribution is 2.32. The Bertz CT molecular complexity index is 1030. The van der Waals surface area contributed by atoms with Crippen molar-refractivity contribution in [1.82, 2.24) is 10.3 Å². The summed E-state index contributed by atoms with van der Waals surface area (Å²) in [6.07, 6.45) is 3.48. The van der Waals surface area contributed by atoms with Gasteiger partial charge in [-0.25, -0.2) is 4.98 Å². The molecule has 28 heavy (non-hydrogen) atoms. The molecule has 3 aromatic rings. The van der Waals surface area contributed by atoms with Crippen molar-refractivity contribution < 1.29 is 14.3 Å². The summed E-state index contributed by atoms with van der Waals surface area (Å²) in [7, 11) is 1.56. The zero-order valence-electron chi connectivity index (χ0n) is 15.6. The maximum absolute atomic E-state index is 12.9. The van der Waals surface area contributed by atoms with Crippen LogP contribution in [0.1, 0.15) is 28.8 Å². The Morgan fingerprint density at radius 3 is 2.50 bits per heavy atom. The number of nitrogens with one attached hydrogen (secondary N) is 2. The number of pyridine rings is 1. The lowest BCUT2D eigenvalue weighted by Gasteiger charge is -2.13. The van der Waals surface area contributed by atoms with Crippen molar-refractivity contribution in [2.24, 2.45) is 5.92 Å². The van der Waals surface area contributed by atoms with Crippen molar-refractivity contribution in [3.8, 4) is 5.88 Å². The van der Waals surface area contributed by atoms with Crippen LogP contribution in [0.5, 0.6) is 5.88 Å². The summed E-state index contributed by atoms with van der Waals surface area (Å²) in [6.45, 7) is 0.332. The molecule has 142 valence electrons. The maximum Gasteiger partial charge on any atom is 0.253 e. The molecule has 0 aliphatic heterocycles. The molecule has 1 saturated carbocycles. The fourth-order valence-corrected chi connectivity index (χ4v) is 3.03. The molecule has 6 nitrogen and oxygen atoms in total. The lowest BCUT2D eigenvalue weighted by Crippen LogP contribution is -2.25. The first-order valence-corrected chi connectivity index (χ1v) is 9.25. The van der Waals surface area contributed by atoms with Crippen LogP contribution in [-0.2, 0) is 11.3 Å². The van der Waals surface area contributed by atoms with Gasteiger partial charge in [-0.3, -0.25) is 9.59 Å². The largest absolute Gasteiger partial charge is 0.481 e. The van der Waals surface area contributed by atoms with Gasteiger partial charge in [0, 0.05) is 24.7 Å². The maximum atomic E-state index is 12.9. The molecule has 2 aromatic carbocycles. The van der Waals surface area contributed by atoms with E-state index in [0.29, 0.717) is 23.7 Å². The fraction of sp³-hybridized carbons (Fsp3) is 0.227. The summed E-state index contributed by atoms with van der Waals surface area (Å²) >= 11 is 0. The van der Waals surface area contributed by atoms with Crippen LogP contribution in [0.3, 0.4) is 0 Å². The van der Waals surface area contributed by atoms with Crippen LogP contribution in [0.15, 0.2) is 54.7 Å². The molecule has 0 radical (unpaired) electrons. The second kappa shape index (κ2) is 7.68. The van der Waals surface area contributed by atoms with Crippen LogP contribution >= 0.6 is 0 Å². The third-order valence-corrected chi connectivity index (χ3v) is 4.80. The van der Waals surface area contributed by atoms with Gasteiger partial charge in [0.15, 0.2) is 0 Å². The zero-order chi connectivity index (χ0) is 19.5. The predicted molar refractivity (Wildman–Crippen MR) is 107 cm³/mol. The first-order valence-electron chi connectivity index (χ1n) is 9.25. The van der Waals surface area contributed by atoms with Crippen molar-refractivity contribution in [1.29, 1.82) is 0 Å². The molecule has 0 unspecified atom stereocenters. The average molecular weight is 375 g/mol. The number of aromatic nitrogens is 1. The highest BCUT2D eigenvalue weighted by molar-refractivity contribution is 6.08. The first kappa shape index (κ1) is 18.0. The van der Waals surface area contributed by atoms with Gasteiger partial charge in [-0.15, -0.1) is 0 Å². The van der Waals surface area contributed by atoms with Crippen molar-refractivity contribution in [2.45, 2.75) is 19.4 Å². The van der Waals surface area contributed by atoms with E-state index in [4.69, 9.17) is 4.74 Å². The molecular formula is C22H21N3O3. The monoisotopic (exact) mass is 375 g/mol. The molecule has 1 aliphatic carbocycles. The third kappa shape index (κ3) is 3.96. The van der Waals surface area contributed by atoms with E-state index in [1.807, 2.05) is 42.5 Å². The van der Waals surface area contributed by atoms with Gasteiger partial charge >= 0.3 is 0 Å². The van der Waals surface area contributed by atoms with Gasteiger partial charge in [0.05, 0.1) is 18.4 Å². The Hall–Kier alpha value is -3.41. The van der Waals surface area contributed by atoms with Gasteiger partial charge in [-0.05, 0) is 41.3 Å². The molecule has 1 heterocycles. The van der Waals surface area contributed by atoms with Crippen LogP contribution in [-0.4, -0.2) is 23.9 Å². The molecule has 0 spiro atoms. The number of methoxy groups -OCH3 is 1. The number of fused-ring (bicyclic) bond motifs is 1. The molecule has 0 saturated heterocycles. The normalized spacial score (nSPS) is 13.2. The van der Waals surface area contributed by atoms with Gasteiger partial charge in [-0.2, -0.15) is 0 Å². The van der Waals surface area contributed by atoms with Gasteiger partial charge < -0.3 is 15.4 Å². The van der Waals surface area contributed by atoms with E-state index in [1.165, 1.54) is 0 Å². The minimum Gasteiger partial charge on any atom is -0.481 e. The number of anilines is 1. The zero-order valence-corrected chi connectivity index (χ0v) is 15.6. The quantitative estimate of drug-likeness (QED) is 0.691. The van der Waals surface area contributed by atoms with E-state index in [9.17, 15) is 9.59 Å². The van der Waals surface area contributed by atoms with Crippen LogP contribution in [0, 0.1) is 5.92 Å². The Kier molecular flexibility index (Phi) is 4.93. The summed E-state index contributed by atoms with van der Waals surface area (Å²) in [4.78, 5) is 29.3. The fourth-order valence-electron chi connectivity index (χ4n) is 3.03. The minimum absolute atomic E-state index is 0.0244. The van der Waals surface area contributed by atoms with Crippen molar-refractivity contribution in [2.75, 3.05) is 12.4 Å². The second-order valence-electron chi connectivity index (χ2n) is 6.90. The summed E-state index contributed by atoms with van der Waals surface area (Å²) in [5.41, 5.74) is 1.86. The molecule has 0 atom stereocenters. The second-order valence-corrected chi connectivity index (χ2v) is 6.90. The summed E-state index contributed by atoms with van der Waals surface area (Å²) in [5.74, 6) is 0.318. The van der Waals surface area contributed by atoms with E-state index in [0.717, 1.165) is 29.2 Å². The van der Waals surface area contributed by atoms with E-state index in [-0.39, 0.29) is 17.7 Å². The SMILES string of the molecule is COc1ccc(CNC(=O)c2cc3ccccc3cc2NC(=O)C2CC2)cn1. The first-order chi connectivity index (χ1) is 13.6. The molecule has 1 fully saturated rings. The van der Waals surface area contributed by atoms with Gasteiger partial charge in [0.2, 0.25) is 11.8 Å². The number of ether oxygens (including phenoxy) is 1. The molecular weight excluding hydrogens is 354 g/mol. The topological polar surface area (TPSA) is 80.3 Å². The smallest absolute Gasteiger partial charge is 0.253 e. The molecule has 0 bridgehead atoms. The van der Waals surface area contributed by atoms with Gasteiger partial charge in [0.25, 0.3) is 5.91 Å². The van der Waals surface area contributed by atoms with Crippen molar-refractivity contribution in [3.05, 3.63) is 65.9 Å². The molecule has 2 amide bonds. The number of benzene rings is 2. The molecule has 1 aliphatic rings. The lowest BCUT2D eigenvalue weighted by atomic mass is 10.0. The minimum atomic E-state index is -0.243. The van der Waals surface area contributed by atoms with Crippen molar-refractivity contribution >= 4 is 28.3 Å². The van der Waals surface area contributed by atoms with Gasteiger partial charge in [0.1, 0.15) is 0 Å². The molecule has 6 heteroatoms. The van der Waals surface area contributed by atoms with Gasteiger partial charge in [-0.1, -0.05) is 30.3 Å². The summed E-state index contributed by atoms with van der Waals surface area (Å²) in [6, 6.07) is 15.1. The van der Waals surface area contributed by atoms with Crippen LogP contribution in [0.25, 0.3) is 10.8 Å². The number of nitrogens with zero attached hydrogens (tertiary/aromatic N) is 1. The number of hydrogen-bond donors (Lipinski definition) is 2. The van der Waals surface area contributed by atoms with E-state index in [1.54, 1.807) is 19.4 Å². The van der Waals surface area contributed by atoms with Crippen LogP contribution < -0.4 is 15.4 Å². The highest BCUT2D eigenvalue weighted by atomic mass is 16.5. The number of hydrogen-bond acceptors (Lipinski definition) is 4. The summed E-state index contributed by atoms with van der Waals surface area (Å²) < 4.78 is 5.04. The Labute approximate surface area is 162 Å². The number of rotatable bonds is 6. The standard InChI is InChI=1S/C22H21N3O3/c1-28-20-9-6-14(12-23-20)13-24-22(27)18-10-16-4-2-3-5-17(16)11-19(18)25-21(26)15-7-8-15/h2-6,9-12,15H,7-8,13H2,1H3,(H,24,27)(H,25,26). The molecule has 4 rings (SSSR count). The number of amides is 2. The van der Waals surface area contributed by atoms with E-state index < -0.39 is 0 Å². The Balaban J connectivity index is 1.57. The Morgan fingerprint density at radius 2 is 1.86 bits per heavy atom. The predicted octanol–water partition coefficient (Wildman–Crippen LogP) is 3.52. The van der Waals surface area contributed by atoms with Crippen LogP contribution in [0.2, 0.25) is 0 Å². The summed E-state index contributed by atoms with van der Waals surface area (Å²) in [5, 5.41) is 7.76.